The van der Waals surface area contributed by atoms with Gasteiger partial charge in [-0.1, -0.05) is 146 Å². The maximum absolute atomic E-state index is 9.99. The maximum Gasteiger partial charge on any atom is 0.135 e. The Morgan fingerprint density at radius 1 is 0.314 bits per heavy atom. The van der Waals surface area contributed by atoms with Gasteiger partial charge in [-0.3, -0.25) is 0 Å². The van der Waals surface area contributed by atoms with Crippen molar-refractivity contribution in [2.24, 2.45) is 0 Å². The van der Waals surface area contributed by atoms with Crippen LogP contribution in [0.4, 0.5) is 0 Å². The summed E-state index contributed by atoms with van der Waals surface area (Å²) in [5.74, 6) is 1.54. The number of ether oxygens (including phenoxy) is 1. The van der Waals surface area contributed by atoms with Gasteiger partial charge in [0.05, 0.1) is 4.11 Å². The summed E-state index contributed by atoms with van der Waals surface area (Å²) in [4.78, 5) is 0. The van der Waals surface area contributed by atoms with Crippen molar-refractivity contribution >= 4 is 43.1 Å². The van der Waals surface area contributed by atoms with Gasteiger partial charge in [-0.25, -0.2) is 0 Å². The van der Waals surface area contributed by atoms with E-state index in [0.717, 1.165) is 88.1 Å². The molecular weight excluding hydrogens is 617 g/mol. The number of fused-ring (bicyclic) bond motifs is 2. The Hall–Kier alpha value is -6.70. The first-order valence-electron chi connectivity index (χ1n) is 18.8. The van der Waals surface area contributed by atoms with Crippen LogP contribution in [-0.2, 0) is 0 Å². The Morgan fingerprint density at radius 2 is 0.882 bits per heavy atom. The molecule has 0 radical (unpaired) electrons. The Bertz CT molecular complexity index is 3140. The SMILES string of the molecule is [2H]c1c(-c2ccccc2)c([2H])c(-c2ccc3ccc4cccc5ccc2c3c45)c([2H])c1-c1ccc2c3c(cccc13)-c1ccc(-c3ccccc3)cc1O2. The predicted molar refractivity (Wildman–Crippen MR) is 215 cm³/mol. The first-order chi connectivity index (χ1) is 26.5. The molecular formula is C50H30O. The number of hydrogen-bond donors (Lipinski definition) is 0. The molecule has 1 nitrogen and oxygen atoms in total. The molecule has 0 spiro atoms. The molecule has 0 fully saturated rings. The highest BCUT2D eigenvalue weighted by Gasteiger charge is 2.23. The van der Waals surface area contributed by atoms with E-state index >= 15 is 0 Å². The molecule has 1 aliphatic heterocycles. The fraction of sp³-hybridized carbons (Fsp3) is 0. The van der Waals surface area contributed by atoms with Gasteiger partial charge in [-0.2, -0.15) is 0 Å². The lowest BCUT2D eigenvalue weighted by Gasteiger charge is -2.23. The maximum atomic E-state index is 9.99. The van der Waals surface area contributed by atoms with E-state index < -0.39 is 0 Å². The average Bonchev–Trinajstić information content (AvgIpc) is 3.21. The standard InChI is InChI=1S/C50H30O/c1-3-9-31(10-4-1)36-21-23-42-44-16-8-15-43-41(25-26-46(50(43)44)51-47(42)30-36)39-28-37(32-11-5-2-6-12-32)27-38(29-39)40-22-19-35-18-17-33-13-7-14-34-20-24-45(40)49(35)48(33)34/h1-30H/i27D,28D,29D. The van der Waals surface area contributed by atoms with Crippen LogP contribution in [0, 0.1) is 0 Å². The van der Waals surface area contributed by atoms with Crippen molar-refractivity contribution in [3.05, 3.63) is 182 Å². The van der Waals surface area contributed by atoms with Gasteiger partial charge in [0, 0.05) is 10.9 Å². The van der Waals surface area contributed by atoms with E-state index in [1.165, 1.54) is 5.39 Å². The van der Waals surface area contributed by atoms with E-state index in [1.54, 1.807) is 0 Å². The summed E-state index contributed by atoms with van der Waals surface area (Å²) < 4.78 is 36.2. The summed E-state index contributed by atoms with van der Waals surface area (Å²) in [6.45, 7) is 0. The predicted octanol–water partition coefficient (Wildman–Crippen LogP) is 14.2. The van der Waals surface area contributed by atoms with E-state index in [0.29, 0.717) is 16.7 Å². The number of benzene rings is 10. The fourth-order valence-electron chi connectivity index (χ4n) is 8.10. The Balaban J connectivity index is 1.19. The molecule has 0 unspecified atom stereocenters. The van der Waals surface area contributed by atoms with E-state index in [1.807, 2.05) is 60.7 Å². The second-order valence-corrected chi connectivity index (χ2v) is 13.4. The molecule has 0 bridgehead atoms. The van der Waals surface area contributed by atoms with Crippen molar-refractivity contribution in [1.82, 2.24) is 0 Å². The van der Waals surface area contributed by atoms with Gasteiger partial charge in [0.25, 0.3) is 0 Å². The first-order valence-corrected chi connectivity index (χ1v) is 17.3. The monoisotopic (exact) mass is 649 g/mol. The molecule has 11 rings (SSSR count). The van der Waals surface area contributed by atoms with Gasteiger partial charge in [0.1, 0.15) is 11.5 Å². The van der Waals surface area contributed by atoms with E-state index in [4.69, 9.17) is 4.74 Å². The third kappa shape index (κ3) is 4.35. The second-order valence-electron chi connectivity index (χ2n) is 13.4. The second kappa shape index (κ2) is 10.9. The van der Waals surface area contributed by atoms with Crippen molar-refractivity contribution < 1.29 is 8.85 Å². The molecule has 0 saturated heterocycles. The van der Waals surface area contributed by atoms with Gasteiger partial charge in [0.2, 0.25) is 0 Å². The van der Waals surface area contributed by atoms with Crippen LogP contribution in [0.25, 0.3) is 98.7 Å². The molecule has 51 heavy (non-hydrogen) atoms. The zero-order chi connectivity index (χ0) is 36.1. The van der Waals surface area contributed by atoms with Crippen molar-refractivity contribution in [3.63, 3.8) is 0 Å². The summed E-state index contributed by atoms with van der Waals surface area (Å²) >= 11 is 0. The third-order valence-electron chi connectivity index (χ3n) is 10.5. The van der Waals surface area contributed by atoms with Crippen LogP contribution < -0.4 is 4.74 Å². The van der Waals surface area contributed by atoms with E-state index in [9.17, 15) is 4.11 Å². The molecule has 0 N–H and O–H groups in total. The van der Waals surface area contributed by atoms with Crippen LogP contribution in [0.1, 0.15) is 4.11 Å². The van der Waals surface area contributed by atoms with Crippen LogP contribution in [-0.4, -0.2) is 0 Å². The molecule has 0 atom stereocenters. The summed E-state index contributed by atoms with van der Waals surface area (Å²) in [7, 11) is 0. The molecule has 10 aromatic rings. The van der Waals surface area contributed by atoms with Gasteiger partial charge in [0.15, 0.2) is 0 Å². The lowest BCUT2D eigenvalue weighted by Crippen LogP contribution is -1.98. The summed E-state index contributed by atoms with van der Waals surface area (Å²) in [5, 5.41) is 8.62. The molecule has 0 saturated carbocycles. The Labute approximate surface area is 300 Å². The molecule has 0 aliphatic carbocycles. The smallest absolute Gasteiger partial charge is 0.135 e. The minimum Gasteiger partial charge on any atom is -0.456 e. The van der Waals surface area contributed by atoms with E-state index in [-0.39, 0.29) is 18.1 Å². The topological polar surface area (TPSA) is 9.23 Å². The Morgan fingerprint density at radius 3 is 1.63 bits per heavy atom. The molecule has 1 heterocycles. The van der Waals surface area contributed by atoms with Gasteiger partial charge >= 0.3 is 0 Å². The summed E-state index contributed by atoms with van der Waals surface area (Å²) in [6.07, 6.45) is 0. The van der Waals surface area contributed by atoms with Crippen molar-refractivity contribution in [2.75, 3.05) is 0 Å². The summed E-state index contributed by atoms with van der Waals surface area (Å²) in [5.41, 5.74) is 8.17. The number of rotatable bonds is 4. The highest BCUT2D eigenvalue weighted by atomic mass is 16.5. The molecule has 0 amide bonds. The number of hydrogen-bond acceptors (Lipinski definition) is 1. The highest BCUT2D eigenvalue weighted by Crippen LogP contribution is 2.50. The van der Waals surface area contributed by atoms with Crippen LogP contribution in [0.3, 0.4) is 0 Å². The molecule has 1 heteroatoms. The van der Waals surface area contributed by atoms with Crippen LogP contribution in [0.5, 0.6) is 11.5 Å². The zero-order valence-corrected chi connectivity index (χ0v) is 27.5. The van der Waals surface area contributed by atoms with Crippen molar-refractivity contribution in [2.45, 2.75) is 0 Å². The molecule has 236 valence electrons. The minimum absolute atomic E-state index is 0.169. The molecule has 0 aromatic heterocycles. The van der Waals surface area contributed by atoms with E-state index in [2.05, 4.69) is 103 Å². The lowest BCUT2D eigenvalue weighted by molar-refractivity contribution is 0.487. The van der Waals surface area contributed by atoms with Crippen molar-refractivity contribution in [3.8, 4) is 67.1 Å². The highest BCUT2D eigenvalue weighted by molar-refractivity contribution is 6.25. The molecule has 10 aromatic carbocycles. The molecule has 1 aliphatic rings. The third-order valence-corrected chi connectivity index (χ3v) is 10.5. The zero-order valence-electron chi connectivity index (χ0n) is 30.5. The van der Waals surface area contributed by atoms with Gasteiger partial charge in [-0.05, 0) is 124 Å². The van der Waals surface area contributed by atoms with Gasteiger partial charge < -0.3 is 4.74 Å². The van der Waals surface area contributed by atoms with Crippen LogP contribution in [0.15, 0.2) is 182 Å². The van der Waals surface area contributed by atoms with Crippen molar-refractivity contribution in [1.29, 1.82) is 0 Å². The summed E-state index contributed by atoms with van der Waals surface area (Å²) in [6, 6.07) is 56.3. The fourth-order valence-corrected chi connectivity index (χ4v) is 8.10. The first kappa shape index (κ1) is 25.3. The minimum atomic E-state index is 0.169. The van der Waals surface area contributed by atoms with Crippen LogP contribution >= 0.6 is 0 Å². The lowest BCUT2D eigenvalue weighted by atomic mass is 9.86. The van der Waals surface area contributed by atoms with Crippen LogP contribution in [0.2, 0.25) is 0 Å². The average molecular weight is 650 g/mol. The van der Waals surface area contributed by atoms with Gasteiger partial charge in [-0.15, -0.1) is 0 Å². The quantitative estimate of drug-likeness (QED) is 0.172. The largest absolute Gasteiger partial charge is 0.456 e. The normalized spacial score (nSPS) is 12.9. The Kier molecular flexibility index (Phi) is 5.41.